The normalized spacial score (nSPS) is 14.3. The number of nitrogens with two attached hydrogens (primary N) is 1. The number of amides is 3. The third-order valence-electron chi connectivity index (χ3n) is 5.45. The number of rotatable bonds is 7. The summed E-state index contributed by atoms with van der Waals surface area (Å²) in [6, 6.07) is 12.3. The molecule has 0 saturated carbocycles. The molecule has 1 aliphatic rings. The van der Waals surface area contributed by atoms with E-state index in [1.807, 2.05) is 30.3 Å². The first-order chi connectivity index (χ1) is 14.8. The highest BCUT2D eigenvalue weighted by Gasteiger charge is 2.31. The lowest BCUT2D eigenvalue weighted by atomic mass is 9.94. The van der Waals surface area contributed by atoms with Crippen LogP contribution in [-0.4, -0.2) is 47.2 Å². The first kappa shape index (κ1) is 22.4. The molecule has 0 radical (unpaired) electrons. The van der Waals surface area contributed by atoms with Gasteiger partial charge >= 0.3 is 0 Å². The van der Waals surface area contributed by atoms with Crippen LogP contribution in [-0.2, 0) is 16.1 Å². The van der Waals surface area contributed by atoms with E-state index in [1.165, 1.54) is 4.90 Å². The van der Waals surface area contributed by atoms with E-state index >= 15 is 0 Å². The van der Waals surface area contributed by atoms with E-state index in [1.54, 1.807) is 4.90 Å². The van der Waals surface area contributed by atoms with E-state index in [-0.39, 0.29) is 30.4 Å². The van der Waals surface area contributed by atoms with Gasteiger partial charge in [-0.05, 0) is 30.5 Å². The maximum atomic E-state index is 13.9. The van der Waals surface area contributed by atoms with Crippen LogP contribution in [0.15, 0.2) is 48.5 Å². The van der Waals surface area contributed by atoms with Crippen molar-refractivity contribution in [2.75, 3.05) is 19.6 Å². The number of piperidine rings is 1. The van der Waals surface area contributed by atoms with Gasteiger partial charge in [0.15, 0.2) is 0 Å². The van der Waals surface area contributed by atoms with E-state index in [2.05, 4.69) is 0 Å². The predicted molar refractivity (Wildman–Crippen MR) is 111 cm³/mol. The maximum Gasteiger partial charge on any atom is 0.256 e. The quantitative estimate of drug-likeness (QED) is 0.735. The Morgan fingerprint density at radius 2 is 1.71 bits per heavy atom. The van der Waals surface area contributed by atoms with Gasteiger partial charge in [-0.1, -0.05) is 30.3 Å². The fraction of sp³-hybridized carbons (Fsp3) is 0.348. The molecule has 2 N–H and O–H groups in total. The third kappa shape index (κ3) is 5.87. The highest BCUT2D eigenvalue weighted by atomic mass is 19.1. The monoisotopic (exact) mass is 429 g/mol. The Kier molecular flexibility index (Phi) is 7.33. The molecule has 0 spiro atoms. The highest BCUT2D eigenvalue weighted by Crippen LogP contribution is 2.23. The second kappa shape index (κ2) is 10.1. The molecule has 1 heterocycles. The molecule has 2 aromatic carbocycles. The average molecular weight is 429 g/mol. The number of carbonyl (C=O) groups excluding carboxylic acids is 3. The van der Waals surface area contributed by atoms with E-state index in [0.29, 0.717) is 38.5 Å². The minimum atomic E-state index is -0.899. The molecule has 31 heavy (non-hydrogen) atoms. The molecule has 8 heteroatoms. The molecule has 0 aromatic heterocycles. The summed E-state index contributed by atoms with van der Waals surface area (Å²) in [7, 11) is 0. The Bertz CT molecular complexity index is 944. The van der Waals surface area contributed by atoms with Crippen LogP contribution < -0.4 is 5.73 Å². The molecule has 0 unspecified atom stereocenters. The van der Waals surface area contributed by atoms with Crippen molar-refractivity contribution in [3.63, 3.8) is 0 Å². The van der Waals surface area contributed by atoms with Crippen molar-refractivity contribution in [1.29, 1.82) is 0 Å². The fourth-order valence-corrected chi connectivity index (χ4v) is 3.74. The number of likely N-dealkylation sites (tertiary alicyclic amines) is 1. The van der Waals surface area contributed by atoms with E-state index < -0.39 is 23.4 Å². The van der Waals surface area contributed by atoms with Gasteiger partial charge < -0.3 is 15.5 Å². The number of halogens is 2. The van der Waals surface area contributed by atoms with Crippen LogP contribution in [0.1, 0.15) is 35.2 Å². The van der Waals surface area contributed by atoms with Crippen LogP contribution in [0.5, 0.6) is 0 Å². The molecule has 0 atom stereocenters. The summed E-state index contributed by atoms with van der Waals surface area (Å²) in [6.45, 7) is 1.18. The second-order valence-corrected chi connectivity index (χ2v) is 7.65. The van der Waals surface area contributed by atoms with E-state index in [9.17, 15) is 23.2 Å². The largest absolute Gasteiger partial charge is 0.370 e. The molecular formula is C23H25F2N3O3. The summed E-state index contributed by atoms with van der Waals surface area (Å²) in [5.74, 6) is -3.04. The second-order valence-electron chi connectivity index (χ2n) is 7.65. The van der Waals surface area contributed by atoms with Crippen LogP contribution in [0.2, 0.25) is 0 Å². The molecule has 1 fully saturated rings. The predicted octanol–water partition coefficient (Wildman–Crippen LogP) is 2.72. The van der Waals surface area contributed by atoms with E-state index in [0.717, 1.165) is 17.7 Å². The number of primary amides is 1. The number of carbonyl (C=O) groups is 3. The van der Waals surface area contributed by atoms with Crippen molar-refractivity contribution in [2.24, 2.45) is 11.7 Å². The molecule has 3 rings (SSSR count). The maximum absolute atomic E-state index is 13.9. The lowest BCUT2D eigenvalue weighted by molar-refractivity contribution is -0.138. The smallest absolute Gasteiger partial charge is 0.256 e. The first-order valence-electron chi connectivity index (χ1n) is 10.2. The first-order valence-corrected chi connectivity index (χ1v) is 10.2. The number of hydrogen-bond donors (Lipinski definition) is 1. The van der Waals surface area contributed by atoms with Crippen molar-refractivity contribution in [3.05, 3.63) is 71.3 Å². The van der Waals surface area contributed by atoms with Crippen LogP contribution in [0, 0.1) is 17.6 Å². The Morgan fingerprint density at radius 3 is 2.32 bits per heavy atom. The van der Waals surface area contributed by atoms with Gasteiger partial charge in [0.2, 0.25) is 11.8 Å². The topological polar surface area (TPSA) is 83.7 Å². The summed E-state index contributed by atoms with van der Waals surface area (Å²) < 4.78 is 27.0. The number of benzene rings is 2. The Hall–Kier alpha value is -3.29. The minimum absolute atomic E-state index is 0.0692. The number of hydrogen-bond acceptors (Lipinski definition) is 3. The summed E-state index contributed by atoms with van der Waals surface area (Å²) in [5.41, 5.74) is 6.03. The van der Waals surface area contributed by atoms with Gasteiger partial charge in [0.25, 0.3) is 5.91 Å². The zero-order valence-electron chi connectivity index (χ0n) is 17.1. The molecule has 3 amide bonds. The minimum Gasteiger partial charge on any atom is -0.370 e. The molecular weight excluding hydrogens is 404 g/mol. The zero-order valence-corrected chi connectivity index (χ0v) is 17.1. The average Bonchev–Trinajstić information content (AvgIpc) is 2.76. The van der Waals surface area contributed by atoms with Gasteiger partial charge in [0.05, 0.1) is 5.56 Å². The van der Waals surface area contributed by atoms with Gasteiger partial charge in [-0.25, -0.2) is 8.78 Å². The van der Waals surface area contributed by atoms with Crippen molar-refractivity contribution < 1.29 is 23.2 Å². The Balaban J connectivity index is 1.63. The third-order valence-corrected chi connectivity index (χ3v) is 5.45. The fourth-order valence-electron chi connectivity index (χ4n) is 3.74. The van der Waals surface area contributed by atoms with E-state index in [4.69, 9.17) is 5.73 Å². The van der Waals surface area contributed by atoms with Crippen molar-refractivity contribution >= 4 is 17.7 Å². The summed E-state index contributed by atoms with van der Waals surface area (Å²) in [4.78, 5) is 40.0. The van der Waals surface area contributed by atoms with Crippen molar-refractivity contribution in [3.8, 4) is 0 Å². The molecule has 1 aliphatic heterocycles. The Labute approximate surface area is 179 Å². The van der Waals surface area contributed by atoms with Crippen LogP contribution in [0.4, 0.5) is 8.78 Å². The lowest BCUT2D eigenvalue weighted by Crippen LogP contribution is -2.45. The summed E-state index contributed by atoms with van der Waals surface area (Å²) in [6.07, 6.45) is 0.921. The SMILES string of the molecule is NC(=O)CCN(Cc1ccccc1)C(=O)C1CCN(C(=O)c2ccc(F)cc2F)CC1. The molecule has 0 bridgehead atoms. The van der Waals surface area contributed by atoms with Crippen molar-refractivity contribution in [2.45, 2.75) is 25.8 Å². The van der Waals surface area contributed by atoms with Crippen LogP contribution in [0.25, 0.3) is 0 Å². The molecule has 2 aromatic rings. The van der Waals surface area contributed by atoms with Gasteiger partial charge in [-0.2, -0.15) is 0 Å². The molecule has 1 saturated heterocycles. The van der Waals surface area contributed by atoms with Gasteiger partial charge in [0.1, 0.15) is 11.6 Å². The zero-order chi connectivity index (χ0) is 22.4. The van der Waals surface area contributed by atoms with Crippen LogP contribution in [0.3, 0.4) is 0 Å². The van der Waals surface area contributed by atoms with Crippen molar-refractivity contribution in [1.82, 2.24) is 9.80 Å². The summed E-state index contributed by atoms with van der Waals surface area (Å²) >= 11 is 0. The molecule has 6 nitrogen and oxygen atoms in total. The number of nitrogens with zero attached hydrogens (tertiary/aromatic N) is 2. The highest BCUT2D eigenvalue weighted by molar-refractivity contribution is 5.94. The standard InChI is InChI=1S/C23H25F2N3O3/c24-18-6-7-19(20(25)14-18)23(31)27-11-8-17(9-12-27)22(30)28(13-10-21(26)29)15-16-4-2-1-3-5-16/h1-7,14,17H,8-13,15H2,(H2,26,29). The van der Waals surface area contributed by atoms with Gasteiger partial charge in [-0.3, -0.25) is 14.4 Å². The molecule has 164 valence electrons. The molecule has 0 aliphatic carbocycles. The lowest BCUT2D eigenvalue weighted by Gasteiger charge is -2.34. The van der Waals surface area contributed by atoms with Gasteiger partial charge in [0, 0.05) is 44.6 Å². The van der Waals surface area contributed by atoms with Crippen LogP contribution >= 0.6 is 0 Å². The van der Waals surface area contributed by atoms with Gasteiger partial charge in [-0.15, -0.1) is 0 Å². The Morgan fingerprint density at radius 1 is 1.03 bits per heavy atom. The summed E-state index contributed by atoms with van der Waals surface area (Å²) in [5, 5.41) is 0.